The summed E-state index contributed by atoms with van der Waals surface area (Å²) in [7, 11) is 0. The number of nitrogens with zero attached hydrogens (tertiary/aromatic N) is 1. The maximum atomic E-state index is 11.6. The summed E-state index contributed by atoms with van der Waals surface area (Å²) in [5.74, 6) is 0.429. The van der Waals surface area contributed by atoms with Crippen molar-refractivity contribution in [1.29, 1.82) is 0 Å². The molecule has 0 aromatic heterocycles. The number of allylic oxidation sites excluding steroid dienone is 1. The van der Waals surface area contributed by atoms with E-state index in [9.17, 15) is 4.79 Å². The predicted octanol–water partition coefficient (Wildman–Crippen LogP) is 1.57. The highest BCUT2D eigenvalue weighted by Crippen LogP contribution is 2.05. The minimum Gasteiger partial charge on any atom is -0.395 e. The van der Waals surface area contributed by atoms with Crippen LogP contribution in [0.25, 0.3) is 0 Å². The number of hydrogen-bond donors (Lipinski definition) is 2. The van der Waals surface area contributed by atoms with E-state index in [-0.39, 0.29) is 12.6 Å². The molecule has 4 heteroatoms. The van der Waals surface area contributed by atoms with Gasteiger partial charge in [0, 0.05) is 19.3 Å². The quantitative estimate of drug-likeness (QED) is 0.730. The second-order valence-electron chi connectivity index (χ2n) is 3.80. The van der Waals surface area contributed by atoms with Crippen molar-refractivity contribution < 1.29 is 9.90 Å². The summed E-state index contributed by atoms with van der Waals surface area (Å²) in [5.41, 5.74) is 1.13. The number of aliphatic hydroxyl groups is 1. The van der Waals surface area contributed by atoms with Crippen molar-refractivity contribution in [2.75, 3.05) is 19.7 Å². The van der Waals surface area contributed by atoms with E-state index in [2.05, 4.69) is 19.2 Å². The molecule has 88 valence electrons. The molecule has 0 fully saturated rings. The average Bonchev–Trinajstić information content (AvgIpc) is 2.21. The van der Waals surface area contributed by atoms with Gasteiger partial charge in [0.2, 0.25) is 0 Å². The Balaban J connectivity index is 4.17. The number of hydrogen-bond acceptors (Lipinski definition) is 2. The number of urea groups is 1. The van der Waals surface area contributed by atoms with Crippen LogP contribution < -0.4 is 5.32 Å². The van der Waals surface area contributed by atoms with Gasteiger partial charge >= 0.3 is 6.03 Å². The number of likely N-dealkylation sites (N-methyl/N-ethyl adjacent to an activating group) is 1. The maximum absolute atomic E-state index is 11.6. The Morgan fingerprint density at radius 2 is 2.13 bits per heavy atom. The van der Waals surface area contributed by atoms with Crippen molar-refractivity contribution in [3.05, 3.63) is 11.8 Å². The van der Waals surface area contributed by atoms with Crippen molar-refractivity contribution in [3.8, 4) is 0 Å². The second kappa shape index (κ2) is 7.29. The number of carbonyl (C=O) groups is 1. The molecule has 0 rings (SSSR count). The number of rotatable bonds is 5. The Kier molecular flexibility index (Phi) is 6.79. The lowest BCUT2D eigenvalue weighted by molar-refractivity contribution is 0.183. The van der Waals surface area contributed by atoms with E-state index in [1.54, 1.807) is 11.1 Å². The molecule has 0 atom stereocenters. The molecule has 0 aromatic rings. The van der Waals surface area contributed by atoms with E-state index in [0.29, 0.717) is 19.0 Å². The first-order valence-corrected chi connectivity index (χ1v) is 5.35. The van der Waals surface area contributed by atoms with Gasteiger partial charge in [-0.3, -0.25) is 0 Å². The summed E-state index contributed by atoms with van der Waals surface area (Å²) in [4.78, 5) is 13.1. The molecule has 0 spiro atoms. The molecule has 4 nitrogen and oxygen atoms in total. The number of carbonyl (C=O) groups excluding carboxylic acids is 1. The number of nitrogens with one attached hydrogen (secondary N) is 1. The molecule has 0 radical (unpaired) electrons. The van der Waals surface area contributed by atoms with Crippen LogP contribution in [0.3, 0.4) is 0 Å². The third-order valence-electron chi connectivity index (χ3n) is 2.37. The fourth-order valence-corrected chi connectivity index (χ4v) is 0.958. The zero-order valence-electron chi connectivity index (χ0n) is 10.1. The summed E-state index contributed by atoms with van der Waals surface area (Å²) in [6.45, 7) is 8.97. The molecule has 15 heavy (non-hydrogen) atoms. The van der Waals surface area contributed by atoms with Gasteiger partial charge in [-0.25, -0.2) is 4.79 Å². The molecular weight excluding hydrogens is 192 g/mol. The fraction of sp³-hybridized carbons (Fsp3) is 0.727. The summed E-state index contributed by atoms with van der Waals surface area (Å²) >= 11 is 0. The number of amides is 2. The van der Waals surface area contributed by atoms with Gasteiger partial charge in [0.25, 0.3) is 0 Å². The van der Waals surface area contributed by atoms with Crippen LogP contribution in [0.4, 0.5) is 4.79 Å². The zero-order chi connectivity index (χ0) is 11.8. The van der Waals surface area contributed by atoms with Gasteiger partial charge in [-0.2, -0.15) is 0 Å². The van der Waals surface area contributed by atoms with Crippen LogP contribution in [0.1, 0.15) is 27.7 Å². The summed E-state index contributed by atoms with van der Waals surface area (Å²) in [6.07, 6.45) is 1.73. The first kappa shape index (κ1) is 14.0. The fourth-order valence-electron chi connectivity index (χ4n) is 0.958. The van der Waals surface area contributed by atoms with Crippen molar-refractivity contribution in [2.24, 2.45) is 5.92 Å². The molecule has 2 amide bonds. The standard InChI is InChI=1S/C11H22N2O2/c1-5-13(6-7-14)11(15)12-8-10(4)9(2)3/h8-9,14H,5-7H2,1-4H3,(H,12,15)/b10-8+. The molecule has 0 aromatic carbocycles. The van der Waals surface area contributed by atoms with E-state index in [4.69, 9.17) is 5.11 Å². The second-order valence-corrected chi connectivity index (χ2v) is 3.80. The maximum Gasteiger partial charge on any atom is 0.321 e. The minimum atomic E-state index is -0.161. The molecule has 0 aliphatic heterocycles. The monoisotopic (exact) mass is 214 g/mol. The molecule has 0 saturated carbocycles. The molecule has 0 heterocycles. The van der Waals surface area contributed by atoms with Gasteiger partial charge in [0.15, 0.2) is 0 Å². The molecule has 0 aliphatic carbocycles. The van der Waals surface area contributed by atoms with Gasteiger partial charge < -0.3 is 15.3 Å². The minimum absolute atomic E-state index is 0.00582. The highest BCUT2D eigenvalue weighted by Gasteiger charge is 2.08. The Labute approximate surface area is 92.0 Å². The summed E-state index contributed by atoms with van der Waals surface area (Å²) in [5, 5.41) is 11.5. The van der Waals surface area contributed by atoms with Crippen molar-refractivity contribution in [3.63, 3.8) is 0 Å². The van der Waals surface area contributed by atoms with Crippen molar-refractivity contribution in [2.45, 2.75) is 27.7 Å². The van der Waals surface area contributed by atoms with Crippen LogP contribution in [0, 0.1) is 5.92 Å². The summed E-state index contributed by atoms with van der Waals surface area (Å²) < 4.78 is 0. The Hall–Kier alpha value is -1.03. The topological polar surface area (TPSA) is 52.6 Å². The molecular formula is C11H22N2O2. The number of aliphatic hydroxyl groups excluding tert-OH is 1. The van der Waals surface area contributed by atoms with E-state index in [0.717, 1.165) is 5.57 Å². The molecule has 0 aliphatic rings. The van der Waals surface area contributed by atoms with Gasteiger partial charge in [-0.15, -0.1) is 0 Å². The zero-order valence-corrected chi connectivity index (χ0v) is 10.1. The first-order valence-electron chi connectivity index (χ1n) is 5.35. The molecule has 2 N–H and O–H groups in total. The average molecular weight is 214 g/mol. The SMILES string of the molecule is CCN(CCO)C(=O)N/C=C(\C)C(C)C. The van der Waals surface area contributed by atoms with Crippen LogP contribution in [0.15, 0.2) is 11.8 Å². The Morgan fingerprint density at radius 1 is 1.53 bits per heavy atom. The highest BCUT2D eigenvalue weighted by molar-refractivity contribution is 5.75. The lowest BCUT2D eigenvalue weighted by Gasteiger charge is -2.19. The van der Waals surface area contributed by atoms with Gasteiger partial charge in [-0.05, 0) is 19.8 Å². The first-order chi connectivity index (χ1) is 7.02. The molecule has 0 bridgehead atoms. The van der Waals surface area contributed by atoms with Crippen LogP contribution in [-0.2, 0) is 0 Å². The Bertz CT molecular complexity index is 225. The van der Waals surface area contributed by atoms with Crippen LogP contribution in [0.5, 0.6) is 0 Å². The van der Waals surface area contributed by atoms with Crippen molar-refractivity contribution in [1.82, 2.24) is 10.2 Å². The van der Waals surface area contributed by atoms with E-state index in [1.165, 1.54) is 0 Å². The Morgan fingerprint density at radius 3 is 2.53 bits per heavy atom. The van der Waals surface area contributed by atoms with Crippen molar-refractivity contribution >= 4 is 6.03 Å². The normalized spacial score (nSPS) is 11.7. The third-order valence-corrected chi connectivity index (χ3v) is 2.37. The van der Waals surface area contributed by atoms with Crippen LogP contribution in [-0.4, -0.2) is 35.7 Å². The lowest BCUT2D eigenvalue weighted by atomic mass is 10.1. The van der Waals surface area contributed by atoms with E-state index < -0.39 is 0 Å². The largest absolute Gasteiger partial charge is 0.395 e. The van der Waals surface area contributed by atoms with Crippen LogP contribution >= 0.6 is 0 Å². The van der Waals surface area contributed by atoms with Gasteiger partial charge in [0.1, 0.15) is 0 Å². The molecule has 0 saturated heterocycles. The van der Waals surface area contributed by atoms with E-state index in [1.807, 2.05) is 13.8 Å². The lowest BCUT2D eigenvalue weighted by Crippen LogP contribution is -2.39. The van der Waals surface area contributed by atoms with Gasteiger partial charge in [0.05, 0.1) is 6.61 Å². The summed E-state index contributed by atoms with van der Waals surface area (Å²) in [6, 6.07) is -0.161. The predicted molar refractivity (Wildman–Crippen MR) is 61.5 cm³/mol. The van der Waals surface area contributed by atoms with Gasteiger partial charge in [-0.1, -0.05) is 19.4 Å². The highest BCUT2D eigenvalue weighted by atomic mass is 16.3. The van der Waals surface area contributed by atoms with E-state index >= 15 is 0 Å². The van der Waals surface area contributed by atoms with Crippen LogP contribution in [0.2, 0.25) is 0 Å². The smallest absolute Gasteiger partial charge is 0.321 e. The molecule has 0 unspecified atom stereocenters. The third kappa shape index (κ3) is 5.42.